The van der Waals surface area contributed by atoms with Crippen LogP contribution >= 0.6 is 11.8 Å². The van der Waals surface area contributed by atoms with Crippen LogP contribution in [0.5, 0.6) is 0 Å². The number of Topliss-reactive ketones (excluding diaryl/α,β-unsaturated/α-hetero) is 1. The maximum atomic E-state index is 12.4. The van der Waals surface area contributed by atoms with Crippen LogP contribution in [0.1, 0.15) is 28.4 Å². The summed E-state index contributed by atoms with van der Waals surface area (Å²) in [7, 11) is -3.38. The van der Waals surface area contributed by atoms with E-state index in [1.807, 2.05) is 32.0 Å². The van der Waals surface area contributed by atoms with Crippen LogP contribution in [0.25, 0.3) is 0 Å². The third kappa shape index (κ3) is 6.69. The summed E-state index contributed by atoms with van der Waals surface area (Å²) in [4.78, 5) is 25.5. The summed E-state index contributed by atoms with van der Waals surface area (Å²) in [5.74, 6) is -0.711. The predicted molar refractivity (Wildman–Crippen MR) is 111 cm³/mol. The van der Waals surface area contributed by atoms with E-state index >= 15 is 0 Å². The minimum absolute atomic E-state index is 0.110. The van der Waals surface area contributed by atoms with Crippen LogP contribution in [0.2, 0.25) is 0 Å². The van der Waals surface area contributed by atoms with Gasteiger partial charge in [0.2, 0.25) is 15.8 Å². The van der Waals surface area contributed by atoms with Crippen LogP contribution in [0.15, 0.2) is 47.4 Å². The Morgan fingerprint density at radius 1 is 1.11 bits per heavy atom. The maximum absolute atomic E-state index is 12.4. The van der Waals surface area contributed by atoms with Crippen LogP contribution in [0, 0.1) is 13.8 Å². The first-order chi connectivity index (χ1) is 13.0. The van der Waals surface area contributed by atoms with Crippen LogP contribution in [-0.2, 0) is 19.6 Å². The molecule has 2 aromatic rings. The average molecular weight is 422 g/mol. The number of benzene rings is 2. The molecule has 0 unspecified atom stereocenters. The Hall–Kier alpha value is -2.32. The van der Waals surface area contributed by atoms with Crippen molar-refractivity contribution in [3.8, 4) is 0 Å². The fourth-order valence-electron chi connectivity index (χ4n) is 2.44. The molecule has 0 aromatic heterocycles. The van der Waals surface area contributed by atoms with Gasteiger partial charge >= 0.3 is 5.97 Å². The molecule has 0 aliphatic carbocycles. The second kappa shape index (κ2) is 9.25. The summed E-state index contributed by atoms with van der Waals surface area (Å²) in [6, 6.07) is 12.0. The van der Waals surface area contributed by atoms with Crippen molar-refractivity contribution >= 4 is 39.2 Å². The smallest absolute Gasteiger partial charge is 0.316 e. The number of carbonyl (C=O) groups excluding carboxylic acids is 2. The minimum Gasteiger partial charge on any atom is -0.454 e. The van der Waals surface area contributed by atoms with E-state index < -0.39 is 22.1 Å². The Kier molecular flexibility index (Phi) is 7.26. The molecule has 6 nitrogen and oxygen atoms in total. The number of aryl methyl sites for hydroxylation is 2. The second-order valence-electron chi connectivity index (χ2n) is 6.51. The van der Waals surface area contributed by atoms with Crippen LogP contribution < -0.4 is 4.72 Å². The third-order valence-corrected chi connectivity index (χ3v) is 5.58. The molecule has 8 heteroatoms. The van der Waals surface area contributed by atoms with Gasteiger partial charge in [-0.3, -0.25) is 14.3 Å². The van der Waals surface area contributed by atoms with E-state index in [1.165, 1.54) is 43.0 Å². The van der Waals surface area contributed by atoms with Gasteiger partial charge in [-0.25, -0.2) is 8.42 Å². The zero-order valence-electron chi connectivity index (χ0n) is 16.2. The van der Waals surface area contributed by atoms with Crippen molar-refractivity contribution < 1.29 is 22.7 Å². The summed E-state index contributed by atoms with van der Waals surface area (Å²) in [5.41, 5.74) is 2.88. The molecule has 0 aliphatic rings. The van der Waals surface area contributed by atoms with Gasteiger partial charge in [-0.05, 0) is 56.7 Å². The minimum atomic E-state index is -3.38. The van der Waals surface area contributed by atoms with Crippen molar-refractivity contribution in [1.29, 1.82) is 0 Å². The van der Waals surface area contributed by atoms with Crippen molar-refractivity contribution in [2.24, 2.45) is 0 Å². The van der Waals surface area contributed by atoms with Gasteiger partial charge in [0.05, 0.1) is 12.0 Å². The molecule has 1 N–H and O–H groups in total. The first kappa shape index (κ1) is 22.0. The fourth-order valence-corrected chi connectivity index (χ4v) is 3.91. The van der Waals surface area contributed by atoms with E-state index in [9.17, 15) is 18.0 Å². The normalized spacial score (nSPS) is 12.3. The molecule has 2 rings (SSSR count). The molecule has 2 aromatic carbocycles. The van der Waals surface area contributed by atoms with Gasteiger partial charge in [-0.2, -0.15) is 0 Å². The van der Waals surface area contributed by atoms with E-state index in [4.69, 9.17) is 4.74 Å². The molecule has 0 amide bonds. The molecule has 0 saturated heterocycles. The Balaban J connectivity index is 1.92. The highest BCUT2D eigenvalue weighted by Gasteiger charge is 2.20. The number of ketones is 1. The molecule has 1 atom stereocenters. The largest absolute Gasteiger partial charge is 0.454 e. The number of hydrogen-bond donors (Lipinski definition) is 1. The van der Waals surface area contributed by atoms with Crippen molar-refractivity contribution in [1.82, 2.24) is 0 Å². The molecule has 0 heterocycles. The topological polar surface area (TPSA) is 89.5 Å². The van der Waals surface area contributed by atoms with Crippen LogP contribution in [0.4, 0.5) is 5.69 Å². The number of rotatable bonds is 8. The number of esters is 1. The van der Waals surface area contributed by atoms with Gasteiger partial charge in [0.15, 0.2) is 6.10 Å². The summed E-state index contributed by atoms with van der Waals surface area (Å²) in [6.07, 6.45) is 0.115. The Bertz CT molecular complexity index is 969. The van der Waals surface area contributed by atoms with Crippen molar-refractivity contribution in [3.05, 3.63) is 59.2 Å². The van der Waals surface area contributed by atoms with Gasteiger partial charge in [-0.15, -0.1) is 11.8 Å². The number of nitrogens with one attached hydrogen (secondary N) is 1. The van der Waals surface area contributed by atoms with Crippen molar-refractivity contribution in [3.63, 3.8) is 0 Å². The first-order valence-electron chi connectivity index (χ1n) is 8.57. The van der Waals surface area contributed by atoms with Crippen LogP contribution in [-0.4, -0.2) is 38.3 Å². The average Bonchev–Trinajstić information content (AvgIpc) is 2.61. The lowest BCUT2D eigenvalue weighted by Gasteiger charge is -2.13. The standard InChI is InChI=1S/C20H23NO5S2/c1-13-5-6-14(2)18(11-13)27-12-19(22)26-15(3)20(23)16-7-9-17(10-8-16)21-28(4,24)25/h5-11,15,21H,12H2,1-4H3/t15-/m1/s1. The number of carbonyl (C=O) groups is 2. The molecular weight excluding hydrogens is 398 g/mol. The lowest BCUT2D eigenvalue weighted by Crippen LogP contribution is -2.25. The summed E-state index contributed by atoms with van der Waals surface area (Å²) in [5, 5.41) is 0. The molecule has 0 bridgehead atoms. The van der Waals surface area contributed by atoms with E-state index in [2.05, 4.69) is 4.72 Å². The Morgan fingerprint density at radius 2 is 1.75 bits per heavy atom. The summed E-state index contributed by atoms with van der Waals surface area (Å²) < 4.78 is 30.0. The molecule has 0 aliphatic heterocycles. The number of sulfonamides is 1. The predicted octanol–water partition coefficient (Wildman–Crippen LogP) is 3.58. The molecular formula is C20H23NO5S2. The monoisotopic (exact) mass is 421 g/mol. The lowest BCUT2D eigenvalue weighted by atomic mass is 10.1. The van der Waals surface area contributed by atoms with E-state index in [1.54, 1.807) is 0 Å². The SMILES string of the molecule is Cc1ccc(C)c(SCC(=O)O[C@H](C)C(=O)c2ccc(NS(C)(=O)=O)cc2)c1. The Morgan fingerprint density at radius 3 is 2.36 bits per heavy atom. The molecule has 28 heavy (non-hydrogen) atoms. The zero-order valence-corrected chi connectivity index (χ0v) is 17.8. The molecule has 0 saturated carbocycles. The van der Waals surface area contributed by atoms with Gasteiger partial charge in [-0.1, -0.05) is 17.7 Å². The van der Waals surface area contributed by atoms with Crippen molar-refractivity contribution in [2.45, 2.75) is 31.8 Å². The van der Waals surface area contributed by atoms with E-state index in [0.717, 1.165) is 22.3 Å². The highest BCUT2D eigenvalue weighted by Crippen LogP contribution is 2.24. The second-order valence-corrected chi connectivity index (χ2v) is 9.27. The molecule has 0 radical (unpaired) electrons. The summed E-state index contributed by atoms with van der Waals surface area (Å²) in [6.45, 7) is 5.48. The molecule has 150 valence electrons. The van der Waals surface area contributed by atoms with E-state index in [0.29, 0.717) is 11.3 Å². The number of thioether (sulfide) groups is 1. The quantitative estimate of drug-likeness (QED) is 0.398. The number of anilines is 1. The Labute approximate surface area is 169 Å². The molecule has 0 spiro atoms. The third-order valence-electron chi connectivity index (χ3n) is 3.84. The van der Waals surface area contributed by atoms with Gasteiger partial charge in [0.25, 0.3) is 0 Å². The van der Waals surface area contributed by atoms with Gasteiger partial charge < -0.3 is 4.74 Å². The lowest BCUT2D eigenvalue weighted by molar-refractivity contribution is -0.143. The van der Waals surface area contributed by atoms with Crippen LogP contribution in [0.3, 0.4) is 0 Å². The summed E-state index contributed by atoms with van der Waals surface area (Å²) >= 11 is 1.38. The molecule has 0 fully saturated rings. The number of hydrogen-bond acceptors (Lipinski definition) is 6. The van der Waals surface area contributed by atoms with Gasteiger partial charge in [0.1, 0.15) is 0 Å². The van der Waals surface area contributed by atoms with Gasteiger partial charge in [0, 0.05) is 16.1 Å². The highest BCUT2D eigenvalue weighted by atomic mass is 32.2. The van der Waals surface area contributed by atoms with Crippen molar-refractivity contribution in [2.75, 3.05) is 16.7 Å². The number of ether oxygens (including phenoxy) is 1. The highest BCUT2D eigenvalue weighted by molar-refractivity contribution is 8.00. The maximum Gasteiger partial charge on any atom is 0.316 e. The first-order valence-corrected chi connectivity index (χ1v) is 11.4. The fraction of sp³-hybridized carbons (Fsp3) is 0.300. The van der Waals surface area contributed by atoms with E-state index in [-0.39, 0.29) is 11.5 Å². The zero-order chi connectivity index (χ0) is 20.9.